The molecule has 4 amide bonds. The highest BCUT2D eigenvalue weighted by molar-refractivity contribution is 6.10. The van der Waals surface area contributed by atoms with Crippen molar-refractivity contribution in [3.63, 3.8) is 0 Å². The second-order valence-corrected chi connectivity index (χ2v) is 8.60. The van der Waals surface area contributed by atoms with Gasteiger partial charge in [0.2, 0.25) is 5.91 Å². The van der Waals surface area contributed by atoms with Gasteiger partial charge >= 0.3 is 6.03 Å². The summed E-state index contributed by atoms with van der Waals surface area (Å²) in [4.78, 5) is 39.7. The highest BCUT2D eigenvalue weighted by Gasteiger charge is 2.55. The van der Waals surface area contributed by atoms with Crippen molar-refractivity contribution in [2.75, 3.05) is 18.5 Å². The van der Waals surface area contributed by atoms with Crippen LogP contribution in [0.2, 0.25) is 0 Å². The third kappa shape index (κ3) is 3.50. The number of benzene rings is 3. The lowest BCUT2D eigenvalue weighted by Gasteiger charge is -2.33. The third-order valence-electron chi connectivity index (χ3n) is 6.44. The van der Waals surface area contributed by atoms with Gasteiger partial charge in [-0.1, -0.05) is 36.4 Å². The maximum absolute atomic E-state index is 13.3. The Kier molecular flexibility index (Phi) is 4.81. The van der Waals surface area contributed by atoms with Crippen LogP contribution in [0.1, 0.15) is 12.0 Å². The van der Waals surface area contributed by atoms with Crippen LogP contribution in [0.4, 0.5) is 10.5 Å². The first kappa shape index (κ1) is 21.0. The predicted molar refractivity (Wildman–Crippen MR) is 129 cm³/mol. The molecule has 3 heterocycles. The molecule has 2 aliphatic rings. The summed E-state index contributed by atoms with van der Waals surface area (Å²) in [6.07, 6.45) is 0.302. The van der Waals surface area contributed by atoms with Crippen molar-refractivity contribution in [1.82, 2.24) is 10.2 Å². The molecule has 1 aromatic heterocycles. The average molecular weight is 467 g/mol. The lowest BCUT2D eigenvalue weighted by atomic mass is 9.84. The lowest BCUT2D eigenvalue weighted by molar-refractivity contribution is -0.135. The zero-order valence-corrected chi connectivity index (χ0v) is 18.6. The van der Waals surface area contributed by atoms with Gasteiger partial charge in [-0.25, -0.2) is 4.79 Å². The standard InChI is InChI=1S/C27H21N3O5/c31-24(28-19-11-9-17(10-12-19)23-15-18-5-1-3-7-21(18)35-23)16-30-25(32)27(29-26(30)33)13-14-34-22-8-4-2-6-20(22)27/h1-12,15H,13-14,16H2,(H,28,31)(H,29,33)/t27-/m1/s1. The largest absolute Gasteiger partial charge is 0.493 e. The molecule has 1 fully saturated rings. The van der Waals surface area contributed by atoms with Crippen molar-refractivity contribution in [1.29, 1.82) is 0 Å². The Morgan fingerprint density at radius 3 is 2.60 bits per heavy atom. The van der Waals surface area contributed by atoms with Crippen LogP contribution < -0.4 is 15.4 Å². The molecule has 0 unspecified atom stereocenters. The van der Waals surface area contributed by atoms with Crippen molar-refractivity contribution < 1.29 is 23.5 Å². The Morgan fingerprint density at radius 2 is 1.77 bits per heavy atom. The molecule has 4 aromatic rings. The number of rotatable bonds is 4. The SMILES string of the molecule is O=C(CN1C(=O)N[C@@]2(CCOc3ccccc32)C1=O)Nc1ccc(-c2cc3ccccc3o2)cc1. The molecule has 8 heteroatoms. The van der Waals surface area contributed by atoms with E-state index in [4.69, 9.17) is 9.15 Å². The summed E-state index contributed by atoms with van der Waals surface area (Å²) >= 11 is 0. The van der Waals surface area contributed by atoms with Gasteiger partial charge < -0.3 is 19.8 Å². The maximum atomic E-state index is 13.3. The molecule has 3 aromatic carbocycles. The normalized spacial score (nSPS) is 18.9. The smallest absolute Gasteiger partial charge is 0.325 e. The van der Waals surface area contributed by atoms with Gasteiger partial charge in [-0.05, 0) is 42.5 Å². The molecule has 2 aliphatic heterocycles. The molecular weight excluding hydrogens is 446 g/mol. The molecule has 1 saturated heterocycles. The number of para-hydroxylation sites is 2. The highest BCUT2D eigenvalue weighted by atomic mass is 16.5. The summed E-state index contributed by atoms with van der Waals surface area (Å²) in [6, 6.07) is 23.4. The van der Waals surface area contributed by atoms with Crippen LogP contribution >= 0.6 is 0 Å². The Balaban J connectivity index is 1.16. The Hall–Kier alpha value is -4.59. The predicted octanol–water partition coefficient (Wildman–Crippen LogP) is 4.27. The quantitative estimate of drug-likeness (QED) is 0.437. The first-order chi connectivity index (χ1) is 17.0. The number of ether oxygens (including phenoxy) is 1. The number of imide groups is 1. The van der Waals surface area contributed by atoms with E-state index in [1.54, 1.807) is 30.3 Å². The first-order valence-electron chi connectivity index (χ1n) is 11.3. The van der Waals surface area contributed by atoms with Crippen LogP contribution in [0.5, 0.6) is 5.75 Å². The number of hydrogen-bond acceptors (Lipinski definition) is 5. The Morgan fingerprint density at radius 1 is 1.00 bits per heavy atom. The Labute approximate surface area is 200 Å². The van der Waals surface area contributed by atoms with Crippen LogP contribution in [0.25, 0.3) is 22.3 Å². The molecule has 0 radical (unpaired) electrons. The minimum atomic E-state index is -1.21. The number of carbonyl (C=O) groups is 3. The number of carbonyl (C=O) groups excluding carboxylic acids is 3. The van der Waals surface area contributed by atoms with Gasteiger partial charge in [-0.3, -0.25) is 14.5 Å². The fourth-order valence-electron chi connectivity index (χ4n) is 4.70. The van der Waals surface area contributed by atoms with Gasteiger partial charge in [0, 0.05) is 28.6 Å². The molecule has 1 atom stereocenters. The zero-order valence-electron chi connectivity index (χ0n) is 18.6. The fraction of sp³-hybridized carbons (Fsp3) is 0.148. The maximum Gasteiger partial charge on any atom is 0.325 e. The summed E-state index contributed by atoms with van der Waals surface area (Å²) < 4.78 is 11.5. The van der Waals surface area contributed by atoms with Crippen molar-refractivity contribution >= 4 is 34.5 Å². The van der Waals surface area contributed by atoms with E-state index < -0.39 is 23.4 Å². The monoisotopic (exact) mass is 467 g/mol. The first-order valence-corrected chi connectivity index (χ1v) is 11.3. The van der Waals surface area contributed by atoms with Crippen LogP contribution in [0.15, 0.2) is 83.3 Å². The number of nitrogens with zero attached hydrogens (tertiary/aromatic N) is 1. The van der Waals surface area contributed by atoms with Gasteiger partial charge in [0.15, 0.2) is 5.54 Å². The molecule has 35 heavy (non-hydrogen) atoms. The van der Waals surface area contributed by atoms with Crippen LogP contribution in [-0.2, 0) is 15.1 Å². The lowest BCUT2D eigenvalue weighted by Crippen LogP contribution is -2.48. The number of amides is 4. The number of nitrogens with one attached hydrogen (secondary N) is 2. The second-order valence-electron chi connectivity index (χ2n) is 8.60. The van der Waals surface area contributed by atoms with Gasteiger partial charge in [0.25, 0.3) is 5.91 Å². The summed E-state index contributed by atoms with van der Waals surface area (Å²) in [7, 11) is 0. The van der Waals surface area contributed by atoms with Crippen LogP contribution in [-0.4, -0.2) is 35.9 Å². The molecule has 6 rings (SSSR count). The highest BCUT2D eigenvalue weighted by Crippen LogP contribution is 2.41. The van der Waals surface area contributed by atoms with E-state index >= 15 is 0 Å². The molecular formula is C27H21N3O5. The van der Waals surface area contributed by atoms with E-state index in [0.29, 0.717) is 30.0 Å². The third-order valence-corrected chi connectivity index (χ3v) is 6.44. The van der Waals surface area contributed by atoms with Crippen LogP contribution in [0.3, 0.4) is 0 Å². The number of urea groups is 1. The second kappa shape index (κ2) is 8.02. The van der Waals surface area contributed by atoms with Gasteiger partial charge in [-0.15, -0.1) is 0 Å². The van der Waals surface area contributed by atoms with E-state index in [-0.39, 0.29) is 6.54 Å². The molecule has 1 spiro atoms. The minimum absolute atomic E-state index is 0.292. The molecule has 8 nitrogen and oxygen atoms in total. The van der Waals surface area contributed by atoms with E-state index in [9.17, 15) is 14.4 Å². The average Bonchev–Trinajstić information content (AvgIpc) is 3.40. The molecule has 0 aliphatic carbocycles. The van der Waals surface area contributed by atoms with E-state index in [1.807, 2.05) is 48.5 Å². The summed E-state index contributed by atoms with van der Waals surface area (Å²) in [5.41, 5.74) is 1.62. The molecule has 174 valence electrons. The number of anilines is 1. The van der Waals surface area contributed by atoms with Crippen molar-refractivity contribution in [2.45, 2.75) is 12.0 Å². The van der Waals surface area contributed by atoms with E-state index in [1.165, 1.54) is 0 Å². The summed E-state index contributed by atoms with van der Waals surface area (Å²) in [5.74, 6) is 0.365. The van der Waals surface area contributed by atoms with Gasteiger partial charge in [0.05, 0.1) is 6.61 Å². The zero-order chi connectivity index (χ0) is 24.0. The van der Waals surface area contributed by atoms with Gasteiger partial charge in [0.1, 0.15) is 23.6 Å². The summed E-state index contributed by atoms with van der Waals surface area (Å²) in [5, 5.41) is 6.57. The number of furan rings is 1. The van der Waals surface area contributed by atoms with Crippen molar-refractivity contribution in [2.24, 2.45) is 0 Å². The molecule has 0 saturated carbocycles. The number of fused-ring (bicyclic) bond motifs is 3. The molecule has 2 N–H and O–H groups in total. The van der Waals surface area contributed by atoms with E-state index in [0.717, 1.165) is 27.2 Å². The fourth-order valence-corrected chi connectivity index (χ4v) is 4.70. The van der Waals surface area contributed by atoms with E-state index in [2.05, 4.69) is 10.6 Å². The van der Waals surface area contributed by atoms with Crippen molar-refractivity contribution in [3.05, 3.63) is 84.4 Å². The minimum Gasteiger partial charge on any atom is -0.493 e. The number of hydrogen-bond donors (Lipinski definition) is 2. The molecule has 0 bridgehead atoms. The summed E-state index contributed by atoms with van der Waals surface area (Å²) in [6.45, 7) is -0.0958. The van der Waals surface area contributed by atoms with Crippen molar-refractivity contribution in [3.8, 4) is 17.1 Å². The van der Waals surface area contributed by atoms with Crippen LogP contribution in [0, 0.1) is 0 Å². The topological polar surface area (TPSA) is 101 Å². The van der Waals surface area contributed by atoms with Gasteiger partial charge in [-0.2, -0.15) is 0 Å². The Bertz CT molecular complexity index is 1440.